The summed E-state index contributed by atoms with van der Waals surface area (Å²) in [5.74, 6) is 0.976. The number of piperazine rings is 1. The fourth-order valence-electron chi connectivity index (χ4n) is 2.95. The first-order chi connectivity index (χ1) is 9.78. The Kier molecular flexibility index (Phi) is 5.86. The first-order valence-corrected chi connectivity index (χ1v) is 7.93. The molecule has 0 aromatic heterocycles. The van der Waals surface area contributed by atoms with Crippen molar-refractivity contribution in [2.75, 3.05) is 32.8 Å². The molecule has 0 spiro atoms. The molecule has 1 saturated heterocycles. The van der Waals surface area contributed by atoms with Gasteiger partial charge in [0.25, 0.3) is 0 Å². The van der Waals surface area contributed by atoms with Gasteiger partial charge in [0.05, 0.1) is 6.61 Å². The van der Waals surface area contributed by atoms with Crippen molar-refractivity contribution in [3.05, 3.63) is 30.3 Å². The van der Waals surface area contributed by atoms with E-state index in [1.165, 1.54) is 19.4 Å². The summed E-state index contributed by atoms with van der Waals surface area (Å²) < 4.78 is 5.76. The summed E-state index contributed by atoms with van der Waals surface area (Å²) in [4.78, 5) is 2.58. The van der Waals surface area contributed by atoms with E-state index in [9.17, 15) is 0 Å². The highest BCUT2D eigenvalue weighted by Crippen LogP contribution is 2.20. The molecule has 1 aliphatic rings. The highest BCUT2D eigenvalue weighted by molar-refractivity contribution is 5.20. The molecule has 0 amide bonds. The Labute approximate surface area is 123 Å². The van der Waals surface area contributed by atoms with Crippen LogP contribution in [0.5, 0.6) is 5.75 Å². The molecule has 0 bridgehead atoms. The predicted octanol–water partition coefficient (Wildman–Crippen LogP) is 2.92. The summed E-state index contributed by atoms with van der Waals surface area (Å²) >= 11 is 0. The van der Waals surface area contributed by atoms with Crippen molar-refractivity contribution < 1.29 is 4.74 Å². The number of nitrogens with one attached hydrogen (secondary N) is 1. The molecule has 1 aromatic carbocycles. The quantitative estimate of drug-likeness (QED) is 0.775. The number of hydrogen-bond donors (Lipinski definition) is 1. The van der Waals surface area contributed by atoms with Crippen LogP contribution in [0.1, 0.15) is 33.1 Å². The number of hydrogen-bond acceptors (Lipinski definition) is 3. The third-order valence-corrected chi connectivity index (χ3v) is 4.44. The molecule has 0 radical (unpaired) electrons. The van der Waals surface area contributed by atoms with E-state index in [0.717, 1.165) is 38.4 Å². The van der Waals surface area contributed by atoms with Crippen LogP contribution in [0.4, 0.5) is 0 Å². The average molecular weight is 276 g/mol. The summed E-state index contributed by atoms with van der Waals surface area (Å²) in [5, 5.41) is 3.71. The van der Waals surface area contributed by atoms with Crippen molar-refractivity contribution in [2.24, 2.45) is 0 Å². The van der Waals surface area contributed by atoms with Gasteiger partial charge in [-0.2, -0.15) is 0 Å². The summed E-state index contributed by atoms with van der Waals surface area (Å²) in [6.45, 7) is 9.96. The van der Waals surface area contributed by atoms with E-state index in [1.807, 2.05) is 30.3 Å². The van der Waals surface area contributed by atoms with Crippen LogP contribution in [0.3, 0.4) is 0 Å². The van der Waals surface area contributed by atoms with Gasteiger partial charge in [0.2, 0.25) is 0 Å². The van der Waals surface area contributed by atoms with Crippen LogP contribution < -0.4 is 10.1 Å². The van der Waals surface area contributed by atoms with Crippen LogP contribution in [0, 0.1) is 0 Å². The minimum Gasteiger partial charge on any atom is -0.494 e. The van der Waals surface area contributed by atoms with Crippen LogP contribution in [-0.2, 0) is 0 Å². The Morgan fingerprint density at radius 3 is 2.65 bits per heavy atom. The lowest BCUT2D eigenvalue weighted by molar-refractivity contribution is 0.117. The zero-order chi connectivity index (χ0) is 14.3. The largest absolute Gasteiger partial charge is 0.494 e. The van der Waals surface area contributed by atoms with Crippen molar-refractivity contribution in [1.29, 1.82) is 0 Å². The van der Waals surface area contributed by atoms with Gasteiger partial charge < -0.3 is 15.0 Å². The smallest absolute Gasteiger partial charge is 0.119 e. The highest BCUT2D eigenvalue weighted by Gasteiger charge is 2.31. The van der Waals surface area contributed by atoms with E-state index < -0.39 is 0 Å². The van der Waals surface area contributed by atoms with Crippen molar-refractivity contribution in [1.82, 2.24) is 10.2 Å². The Morgan fingerprint density at radius 1 is 1.20 bits per heavy atom. The number of ether oxygens (including phenoxy) is 1. The van der Waals surface area contributed by atoms with E-state index in [0.29, 0.717) is 5.54 Å². The molecule has 1 aliphatic heterocycles. The lowest BCUT2D eigenvalue weighted by atomic mass is 9.90. The zero-order valence-electron chi connectivity index (χ0n) is 12.9. The highest BCUT2D eigenvalue weighted by atomic mass is 16.5. The maximum atomic E-state index is 5.76. The van der Waals surface area contributed by atoms with Gasteiger partial charge in [-0.1, -0.05) is 32.0 Å². The topological polar surface area (TPSA) is 24.5 Å². The monoisotopic (exact) mass is 276 g/mol. The normalized spacial score (nSPS) is 18.9. The van der Waals surface area contributed by atoms with Crippen LogP contribution >= 0.6 is 0 Å². The average Bonchev–Trinajstić information content (AvgIpc) is 2.53. The molecule has 0 unspecified atom stereocenters. The van der Waals surface area contributed by atoms with Gasteiger partial charge >= 0.3 is 0 Å². The van der Waals surface area contributed by atoms with Crippen LogP contribution in [0.15, 0.2) is 30.3 Å². The Hall–Kier alpha value is -1.06. The van der Waals surface area contributed by atoms with Crippen LogP contribution in [0.25, 0.3) is 0 Å². The summed E-state index contributed by atoms with van der Waals surface area (Å²) in [5.41, 5.74) is 0.332. The van der Waals surface area contributed by atoms with E-state index >= 15 is 0 Å². The lowest BCUT2D eigenvalue weighted by Gasteiger charge is -2.43. The molecule has 1 fully saturated rings. The Morgan fingerprint density at radius 2 is 1.95 bits per heavy atom. The van der Waals surface area contributed by atoms with Gasteiger partial charge in [-0.3, -0.25) is 0 Å². The maximum Gasteiger partial charge on any atom is 0.119 e. The van der Waals surface area contributed by atoms with E-state index in [4.69, 9.17) is 4.74 Å². The number of para-hydroxylation sites is 1. The van der Waals surface area contributed by atoms with Gasteiger partial charge in [0.1, 0.15) is 5.75 Å². The van der Waals surface area contributed by atoms with Gasteiger partial charge in [-0.15, -0.1) is 0 Å². The third-order valence-electron chi connectivity index (χ3n) is 4.44. The maximum absolute atomic E-state index is 5.76. The summed E-state index contributed by atoms with van der Waals surface area (Å²) in [6, 6.07) is 10.1. The van der Waals surface area contributed by atoms with Gasteiger partial charge in [0, 0.05) is 31.7 Å². The summed E-state index contributed by atoms with van der Waals surface area (Å²) in [7, 11) is 0. The van der Waals surface area contributed by atoms with Crippen molar-refractivity contribution >= 4 is 0 Å². The molecule has 0 atom stereocenters. The first-order valence-electron chi connectivity index (χ1n) is 7.93. The molecule has 0 saturated carbocycles. The molecule has 1 heterocycles. The van der Waals surface area contributed by atoms with Gasteiger partial charge in [0.15, 0.2) is 0 Å². The molecule has 112 valence electrons. The van der Waals surface area contributed by atoms with Crippen LogP contribution in [0.2, 0.25) is 0 Å². The second-order valence-electron chi connectivity index (χ2n) is 5.71. The fraction of sp³-hybridized carbons (Fsp3) is 0.647. The molecule has 20 heavy (non-hydrogen) atoms. The first kappa shape index (κ1) is 15.3. The molecular formula is C17H28N2O. The lowest BCUT2D eigenvalue weighted by Crippen LogP contribution is -2.59. The molecule has 1 aromatic rings. The molecule has 3 heteroatoms. The second-order valence-corrected chi connectivity index (χ2v) is 5.71. The van der Waals surface area contributed by atoms with Crippen molar-refractivity contribution in [2.45, 2.75) is 38.6 Å². The van der Waals surface area contributed by atoms with Gasteiger partial charge in [-0.05, 0) is 31.4 Å². The van der Waals surface area contributed by atoms with Crippen molar-refractivity contribution in [3.8, 4) is 5.75 Å². The SMILES string of the molecule is CCC1(CC)CN(CCCOc2ccccc2)CCN1. The zero-order valence-corrected chi connectivity index (χ0v) is 12.9. The number of nitrogens with zero attached hydrogens (tertiary/aromatic N) is 1. The Bertz CT molecular complexity index is 376. The molecule has 2 rings (SSSR count). The van der Waals surface area contributed by atoms with E-state index in [2.05, 4.69) is 24.1 Å². The molecular weight excluding hydrogens is 248 g/mol. The number of benzene rings is 1. The molecule has 3 nitrogen and oxygen atoms in total. The molecule has 1 N–H and O–H groups in total. The summed E-state index contributed by atoms with van der Waals surface area (Å²) in [6.07, 6.45) is 3.51. The van der Waals surface area contributed by atoms with Crippen molar-refractivity contribution in [3.63, 3.8) is 0 Å². The molecule has 0 aliphatic carbocycles. The second kappa shape index (κ2) is 7.65. The number of rotatable bonds is 7. The third kappa shape index (κ3) is 4.22. The minimum absolute atomic E-state index is 0.332. The standard InChI is InChI=1S/C17H28N2O/c1-3-17(4-2)15-19(13-11-18-17)12-8-14-20-16-9-6-5-7-10-16/h5-7,9-10,18H,3-4,8,11-15H2,1-2H3. The van der Waals surface area contributed by atoms with Crippen LogP contribution in [-0.4, -0.2) is 43.2 Å². The van der Waals surface area contributed by atoms with Gasteiger partial charge in [-0.25, -0.2) is 0 Å². The minimum atomic E-state index is 0.332. The fourth-order valence-corrected chi connectivity index (χ4v) is 2.95. The Balaban J connectivity index is 1.69. The van der Waals surface area contributed by atoms with E-state index in [-0.39, 0.29) is 0 Å². The predicted molar refractivity (Wildman–Crippen MR) is 84.3 cm³/mol. The van der Waals surface area contributed by atoms with E-state index in [1.54, 1.807) is 0 Å².